The number of carboxylic acids is 1. The lowest BCUT2D eigenvalue weighted by molar-refractivity contribution is -0.118. The van der Waals surface area contributed by atoms with Crippen LogP contribution in [-0.4, -0.2) is 59.0 Å². The average Bonchev–Trinajstić information content (AvgIpc) is 3.52. The number of nitrogens with zero attached hydrogens (tertiary/aromatic N) is 2. The summed E-state index contributed by atoms with van der Waals surface area (Å²) < 4.78 is 0. The molecule has 3 aromatic carbocycles. The molecule has 42 heavy (non-hydrogen) atoms. The molecule has 3 aliphatic rings. The molecule has 220 valence electrons. The van der Waals surface area contributed by atoms with Crippen molar-refractivity contribution in [2.75, 3.05) is 31.5 Å². The number of carbonyl (C=O) groups is 2. The molecular formula is C34H37Cl2N3O3. The van der Waals surface area contributed by atoms with Gasteiger partial charge in [-0.05, 0) is 104 Å². The number of amides is 1. The lowest BCUT2D eigenvalue weighted by Gasteiger charge is -2.45. The molecule has 2 aliphatic heterocycles. The number of carboxylic acid groups (broad SMARTS) is 1. The molecular weight excluding hydrogens is 569 g/mol. The van der Waals surface area contributed by atoms with E-state index in [1.807, 2.05) is 6.07 Å². The summed E-state index contributed by atoms with van der Waals surface area (Å²) in [7, 11) is 0. The summed E-state index contributed by atoms with van der Waals surface area (Å²) in [5.41, 5.74) is 5.39. The minimum absolute atomic E-state index is 0.0766. The van der Waals surface area contributed by atoms with Gasteiger partial charge in [0, 0.05) is 34.4 Å². The van der Waals surface area contributed by atoms with E-state index in [2.05, 4.69) is 33.3 Å². The largest absolute Gasteiger partial charge is 0.478 e. The number of fused-ring (bicyclic) bond motifs is 1. The Morgan fingerprint density at radius 3 is 2.29 bits per heavy atom. The summed E-state index contributed by atoms with van der Waals surface area (Å²) in [4.78, 5) is 29.9. The Balaban J connectivity index is 1.25. The van der Waals surface area contributed by atoms with Gasteiger partial charge in [0.15, 0.2) is 0 Å². The molecule has 0 spiro atoms. The minimum Gasteiger partial charge on any atom is -0.478 e. The lowest BCUT2D eigenvalue weighted by Crippen LogP contribution is -2.47. The van der Waals surface area contributed by atoms with Gasteiger partial charge in [0.25, 0.3) is 0 Å². The maximum absolute atomic E-state index is 13.3. The Bertz CT molecular complexity index is 1440. The molecule has 6 nitrogen and oxygen atoms in total. The number of piperidine rings is 1. The SMILES string of the molecule is O=C(CN1CCc2cc(-c3cccc(C(=O)O)c3)ccc2C1C1CCN(C2CCCC2)CC1)Nc1cc(Cl)cc(Cl)c1. The van der Waals surface area contributed by atoms with Crippen LogP contribution in [-0.2, 0) is 11.2 Å². The van der Waals surface area contributed by atoms with Gasteiger partial charge >= 0.3 is 5.97 Å². The van der Waals surface area contributed by atoms with Crippen LogP contribution in [0.25, 0.3) is 11.1 Å². The number of hydrogen-bond donors (Lipinski definition) is 2. The first-order chi connectivity index (χ1) is 20.3. The van der Waals surface area contributed by atoms with Crippen LogP contribution in [0.4, 0.5) is 5.69 Å². The standard InChI is InChI=1S/C34H37Cl2N3O3/c35-27-18-28(36)20-29(19-27)37-32(40)21-39-15-12-25-16-24(23-4-3-5-26(17-23)34(41)42)8-9-31(25)33(39)22-10-13-38(14-11-22)30-6-1-2-7-30/h3-5,8-9,16-20,22,30,33H,1-2,6-7,10-15,21H2,(H,37,40)(H,41,42). The van der Waals surface area contributed by atoms with Crippen molar-refractivity contribution in [1.82, 2.24) is 9.80 Å². The Hall–Kier alpha value is -2.90. The second-order valence-electron chi connectivity index (χ2n) is 12.0. The second-order valence-corrected chi connectivity index (χ2v) is 12.9. The van der Waals surface area contributed by atoms with E-state index in [1.165, 1.54) is 36.8 Å². The van der Waals surface area contributed by atoms with Crippen molar-refractivity contribution in [3.63, 3.8) is 0 Å². The fourth-order valence-corrected chi connectivity index (χ4v) is 7.86. The third-order valence-corrected chi connectivity index (χ3v) is 9.76. The summed E-state index contributed by atoms with van der Waals surface area (Å²) in [6, 6.07) is 19.6. The number of halogens is 2. The normalized spacial score (nSPS) is 20.4. The number of likely N-dealkylation sites (tertiary alicyclic amines) is 1. The van der Waals surface area contributed by atoms with Gasteiger partial charge in [0.05, 0.1) is 12.1 Å². The smallest absolute Gasteiger partial charge is 0.335 e. The molecule has 1 atom stereocenters. The first-order valence-corrected chi connectivity index (χ1v) is 15.8. The highest BCUT2D eigenvalue weighted by molar-refractivity contribution is 6.35. The Morgan fingerprint density at radius 1 is 0.857 bits per heavy atom. The molecule has 0 aromatic heterocycles. The predicted molar refractivity (Wildman–Crippen MR) is 168 cm³/mol. The van der Waals surface area contributed by atoms with Crippen LogP contribution in [0.2, 0.25) is 10.0 Å². The van der Waals surface area contributed by atoms with Crippen LogP contribution in [0.1, 0.15) is 66.1 Å². The molecule has 2 heterocycles. The third kappa shape index (κ3) is 6.52. The number of rotatable bonds is 7. The van der Waals surface area contributed by atoms with Crippen LogP contribution in [0.15, 0.2) is 60.7 Å². The fraction of sp³-hybridized carbons (Fsp3) is 0.412. The fourth-order valence-electron chi connectivity index (χ4n) is 7.33. The zero-order valence-electron chi connectivity index (χ0n) is 23.7. The highest BCUT2D eigenvalue weighted by Gasteiger charge is 2.37. The topological polar surface area (TPSA) is 72.9 Å². The molecule has 6 rings (SSSR count). The van der Waals surface area contributed by atoms with E-state index in [-0.39, 0.29) is 17.5 Å². The number of aromatic carboxylic acids is 1. The first kappa shape index (κ1) is 29.2. The molecule has 1 aliphatic carbocycles. The van der Waals surface area contributed by atoms with E-state index in [0.29, 0.717) is 28.2 Å². The minimum atomic E-state index is -0.923. The van der Waals surface area contributed by atoms with Crippen molar-refractivity contribution in [3.05, 3.63) is 87.4 Å². The molecule has 1 amide bonds. The van der Waals surface area contributed by atoms with Crippen molar-refractivity contribution >= 4 is 40.8 Å². The first-order valence-electron chi connectivity index (χ1n) is 15.0. The van der Waals surface area contributed by atoms with Crippen LogP contribution >= 0.6 is 23.2 Å². The van der Waals surface area contributed by atoms with Crippen LogP contribution in [0.3, 0.4) is 0 Å². The van der Waals surface area contributed by atoms with Crippen molar-refractivity contribution < 1.29 is 14.7 Å². The van der Waals surface area contributed by atoms with E-state index in [0.717, 1.165) is 56.1 Å². The molecule has 1 unspecified atom stereocenters. The quantitative estimate of drug-likeness (QED) is 0.291. The Kier molecular flexibility index (Phi) is 8.87. The van der Waals surface area contributed by atoms with Gasteiger partial charge in [-0.25, -0.2) is 4.79 Å². The zero-order chi connectivity index (χ0) is 29.2. The van der Waals surface area contributed by atoms with E-state index >= 15 is 0 Å². The summed E-state index contributed by atoms with van der Waals surface area (Å²) in [6.45, 7) is 3.30. The second kappa shape index (κ2) is 12.8. The summed E-state index contributed by atoms with van der Waals surface area (Å²) >= 11 is 12.3. The van der Waals surface area contributed by atoms with Crippen molar-refractivity contribution in [1.29, 1.82) is 0 Å². The predicted octanol–water partition coefficient (Wildman–Crippen LogP) is 7.55. The van der Waals surface area contributed by atoms with Gasteiger partial charge in [-0.2, -0.15) is 0 Å². The van der Waals surface area contributed by atoms with Crippen molar-refractivity contribution in [2.45, 2.75) is 57.0 Å². The lowest BCUT2D eigenvalue weighted by atomic mass is 9.79. The molecule has 1 saturated carbocycles. The number of nitrogens with one attached hydrogen (secondary N) is 1. The van der Waals surface area contributed by atoms with E-state index in [9.17, 15) is 14.7 Å². The average molecular weight is 607 g/mol. The zero-order valence-corrected chi connectivity index (χ0v) is 25.2. The summed E-state index contributed by atoms with van der Waals surface area (Å²) in [5.74, 6) is -0.545. The maximum Gasteiger partial charge on any atom is 0.335 e. The van der Waals surface area contributed by atoms with E-state index < -0.39 is 5.97 Å². The Labute approximate surface area is 257 Å². The number of benzene rings is 3. The van der Waals surface area contributed by atoms with Gasteiger partial charge < -0.3 is 15.3 Å². The third-order valence-electron chi connectivity index (χ3n) is 9.32. The molecule has 2 N–H and O–H groups in total. The van der Waals surface area contributed by atoms with Crippen molar-refractivity contribution in [3.8, 4) is 11.1 Å². The molecule has 1 saturated heterocycles. The maximum atomic E-state index is 13.3. The van der Waals surface area contributed by atoms with Crippen LogP contribution < -0.4 is 5.32 Å². The number of anilines is 1. The summed E-state index contributed by atoms with van der Waals surface area (Å²) in [6.07, 6.45) is 8.40. The van der Waals surface area contributed by atoms with Crippen LogP contribution in [0, 0.1) is 5.92 Å². The molecule has 2 fully saturated rings. The van der Waals surface area contributed by atoms with Crippen molar-refractivity contribution in [2.24, 2.45) is 5.92 Å². The Morgan fingerprint density at radius 2 is 1.57 bits per heavy atom. The van der Waals surface area contributed by atoms with Crippen LogP contribution in [0.5, 0.6) is 0 Å². The van der Waals surface area contributed by atoms with Gasteiger partial charge in [0.2, 0.25) is 5.91 Å². The van der Waals surface area contributed by atoms with Gasteiger partial charge in [0.1, 0.15) is 0 Å². The summed E-state index contributed by atoms with van der Waals surface area (Å²) in [5, 5.41) is 13.5. The van der Waals surface area contributed by atoms with E-state index in [1.54, 1.807) is 36.4 Å². The number of hydrogen-bond acceptors (Lipinski definition) is 4. The molecule has 0 radical (unpaired) electrons. The van der Waals surface area contributed by atoms with Gasteiger partial charge in [-0.1, -0.05) is 66.4 Å². The van der Waals surface area contributed by atoms with Gasteiger partial charge in [-0.3, -0.25) is 9.69 Å². The molecule has 8 heteroatoms. The van der Waals surface area contributed by atoms with Gasteiger partial charge in [-0.15, -0.1) is 0 Å². The molecule has 0 bridgehead atoms. The monoisotopic (exact) mass is 605 g/mol. The molecule has 3 aromatic rings. The highest BCUT2D eigenvalue weighted by Crippen LogP contribution is 2.42. The van der Waals surface area contributed by atoms with E-state index in [4.69, 9.17) is 23.2 Å². The number of carbonyl (C=O) groups excluding carboxylic acids is 1. The highest BCUT2D eigenvalue weighted by atomic mass is 35.5.